The third kappa shape index (κ3) is 5.42. The normalized spacial score (nSPS) is 16.1. The molecule has 1 aliphatic rings. The number of hydrogen-bond donors (Lipinski definition) is 0. The highest BCUT2D eigenvalue weighted by Crippen LogP contribution is 2.25. The van der Waals surface area contributed by atoms with Crippen molar-refractivity contribution in [2.45, 2.75) is 20.0 Å². The standard InChI is InChI=1S/C21H20F2N2O2S/c1-15-5-2-3-6-18(15)24-21-25(13-4-14-28-21)19(26)12-9-16-7-10-17(11-8-16)27-20(22)23/h2-3,5-12,20H,4,13-14H2,1H3/b12-9+,24-21?. The summed E-state index contributed by atoms with van der Waals surface area (Å²) in [7, 11) is 0. The van der Waals surface area contributed by atoms with E-state index in [1.807, 2.05) is 31.2 Å². The van der Waals surface area contributed by atoms with Crippen molar-refractivity contribution in [2.75, 3.05) is 12.3 Å². The van der Waals surface area contributed by atoms with Crippen molar-refractivity contribution in [1.82, 2.24) is 4.90 Å². The van der Waals surface area contributed by atoms with E-state index in [-0.39, 0.29) is 11.7 Å². The number of amides is 1. The molecule has 0 bridgehead atoms. The quantitative estimate of drug-likeness (QED) is 0.641. The molecule has 2 aromatic rings. The first-order valence-corrected chi connectivity index (χ1v) is 9.83. The Balaban J connectivity index is 1.72. The van der Waals surface area contributed by atoms with Crippen LogP contribution in [0.4, 0.5) is 14.5 Å². The van der Waals surface area contributed by atoms with Gasteiger partial charge in [-0.25, -0.2) is 4.99 Å². The molecule has 0 saturated carbocycles. The zero-order valence-electron chi connectivity index (χ0n) is 15.3. The Labute approximate surface area is 166 Å². The number of ether oxygens (including phenoxy) is 1. The molecule has 0 aromatic heterocycles. The number of carbonyl (C=O) groups excluding carboxylic acids is 1. The Kier molecular flexibility index (Phi) is 6.81. The lowest BCUT2D eigenvalue weighted by atomic mass is 10.2. The topological polar surface area (TPSA) is 41.9 Å². The third-order valence-corrected chi connectivity index (χ3v) is 5.17. The molecule has 1 amide bonds. The van der Waals surface area contributed by atoms with Crippen LogP contribution in [-0.4, -0.2) is 34.9 Å². The molecule has 1 fully saturated rings. The van der Waals surface area contributed by atoms with Crippen LogP contribution in [0.2, 0.25) is 0 Å². The summed E-state index contributed by atoms with van der Waals surface area (Å²) in [5.74, 6) is 0.843. The molecule has 146 valence electrons. The summed E-state index contributed by atoms with van der Waals surface area (Å²) in [6, 6.07) is 13.9. The third-order valence-electron chi connectivity index (χ3n) is 4.11. The predicted molar refractivity (Wildman–Crippen MR) is 109 cm³/mol. The number of amidine groups is 1. The Morgan fingerprint density at radius 1 is 1.21 bits per heavy atom. The Bertz CT molecular complexity index is 882. The minimum absolute atomic E-state index is 0.0820. The average Bonchev–Trinajstić information content (AvgIpc) is 2.69. The van der Waals surface area contributed by atoms with Gasteiger partial charge in [0.2, 0.25) is 0 Å². The zero-order valence-corrected chi connectivity index (χ0v) is 16.2. The van der Waals surface area contributed by atoms with Crippen molar-refractivity contribution in [2.24, 2.45) is 4.99 Å². The van der Waals surface area contributed by atoms with Gasteiger partial charge in [-0.1, -0.05) is 42.1 Å². The average molecular weight is 402 g/mol. The highest BCUT2D eigenvalue weighted by molar-refractivity contribution is 8.13. The van der Waals surface area contributed by atoms with Crippen LogP contribution in [0.5, 0.6) is 5.75 Å². The number of rotatable bonds is 5. The number of aliphatic imine (C=N–C) groups is 1. The minimum atomic E-state index is -2.86. The maximum Gasteiger partial charge on any atom is 0.387 e. The van der Waals surface area contributed by atoms with E-state index in [9.17, 15) is 13.6 Å². The fraction of sp³-hybridized carbons (Fsp3) is 0.238. The first-order chi connectivity index (χ1) is 13.5. The maximum absolute atomic E-state index is 12.7. The van der Waals surface area contributed by atoms with Crippen molar-refractivity contribution in [3.8, 4) is 5.75 Å². The minimum Gasteiger partial charge on any atom is -0.435 e. The lowest BCUT2D eigenvalue weighted by Gasteiger charge is -2.26. The fourth-order valence-electron chi connectivity index (χ4n) is 2.67. The summed E-state index contributed by atoms with van der Waals surface area (Å²) in [6.45, 7) is -0.256. The Morgan fingerprint density at radius 2 is 1.96 bits per heavy atom. The Hall–Kier alpha value is -2.67. The van der Waals surface area contributed by atoms with Crippen LogP contribution in [0, 0.1) is 6.92 Å². The summed E-state index contributed by atoms with van der Waals surface area (Å²) in [5.41, 5.74) is 2.62. The molecule has 1 heterocycles. The summed E-state index contributed by atoms with van der Waals surface area (Å²) in [6.07, 6.45) is 4.03. The van der Waals surface area contributed by atoms with Crippen LogP contribution in [0.1, 0.15) is 17.5 Å². The molecule has 0 spiro atoms. The lowest BCUT2D eigenvalue weighted by molar-refractivity contribution is -0.122. The van der Waals surface area contributed by atoms with Crippen LogP contribution < -0.4 is 4.74 Å². The van der Waals surface area contributed by atoms with Crippen LogP contribution in [0.3, 0.4) is 0 Å². The van der Waals surface area contributed by atoms with Gasteiger partial charge >= 0.3 is 6.61 Å². The molecule has 0 unspecified atom stereocenters. The molecule has 0 atom stereocenters. The zero-order chi connectivity index (χ0) is 19.9. The lowest BCUT2D eigenvalue weighted by Crippen LogP contribution is -2.38. The van der Waals surface area contributed by atoms with Crippen LogP contribution in [0.15, 0.2) is 59.6 Å². The van der Waals surface area contributed by atoms with Gasteiger partial charge in [0.25, 0.3) is 5.91 Å². The molecule has 7 heteroatoms. The van der Waals surface area contributed by atoms with Gasteiger partial charge in [0.1, 0.15) is 5.75 Å². The molecule has 3 rings (SSSR count). The van der Waals surface area contributed by atoms with Crippen LogP contribution in [0.25, 0.3) is 6.08 Å². The van der Waals surface area contributed by atoms with Crippen molar-refractivity contribution in [1.29, 1.82) is 0 Å². The highest BCUT2D eigenvalue weighted by atomic mass is 32.2. The molecule has 0 aliphatic carbocycles. The monoisotopic (exact) mass is 402 g/mol. The highest BCUT2D eigenvalue weighted by Gasteiger charge is 2.22. The van der Waals surface area contributed by atoms with Crippen molar-refractivity contribution >= 4 is 34.6 Å². The number of aryl methyl sites for hydroxylation is 1. The number of hydrogen-bond acceptors (Lipinski definition) is 4. The number of alkyl halides is 2. The number of thioether (sulfide) groups is 1. The number of benzene rings is 2. The largest absolute Gasteiger partial charge is 0.435 e. The molecule has 1 aliphatic heterocycles. The summed E-state index contributed by atoms with van der Waals surface area (Å²) < 4.78 is 28.7. The van der Waals surface area contributed by atoms with Gasteiger partial charge in [-0.2, -0.15) is 8.78 Å². The maximum atomic E-state index is 12.7. The predicted octanol–water partition coefficient (Wildman–Crippen LogP) is 5.26. The van der Waals surface area contributed by atoms with Crippen molar-refractivity contribution in [3.05, 3.63) is 65.7 Å². The van der Waals surface area contributed by atoms with E-state index >= 15 is 0 Å². The van der Waals surface area contributed by atoms with Gasteiger partial charge in [0.05, 0.1) is 5.69 Å². The number of carbonyl (C=O) groups is 1. The first-order valence-electron chi connectivity index (χ1n) is 8.84. The molecule has 1 saturated heterocycles. The van der Waals surface area contributed by atoms with Gasteiger partial charge in [-0.3, -0.25) is 9.69 Å². The second-order valence-corrected chi connectivity index (χ2v) is 7.22. The van der Waals surface area contributed by atoms with Gasteiger partial charge in [-0.15, -0.1) is 0 Å². The fourth-order valence-corrected chi connectivity index (χ4v) is 3.62. The smallest absolute Gasteiger partial charge is 0.387 e. The number of nitrogens with zero attached hydrogens (tertiary/aromatic N) is 2. The van der Waals surface area contributed by atoms with Gasteiger partial charge in [0.15, 0.2) is 5.17 Å². The molecular weight excluding hydrogens is 382 g/mol. The van der Waals surface area contributed by atoms with Gasteiger partial charge in [-0.05, 0) is 48.7 Å². The molecular formula is C21H20F2N2O2S. The van der Waals surface area contributed by atoms with E-state index in [2.05, 4.69) is 9.73 Å². The summed E-state index contributed by atoms with van der Waals surface area (Å²) in [4.78, 5) is 19.0. The van der Waals surface area contributed by atoms with Crippen LogP contribution in [-0.2, 0) is 4.79 Å². The van der Waals surface area contributed by atoms with E-state index in [1.165, 1.54) is 18.2 Å². The van der Waals surface area contributed by atoms with Crippen molar-refractivity contribution < 1.29 is 18.3 Å². The van der Waals surface area contributed by atoms with E-state index in [1.54, 1.807) is 34.9 Å². The number of para-hydroxylation sites is 1. The second kappa shape index (κ2) is 9.50. The molecule has 0 radical (unpaired) electrons. The SMILES string of the molecule is Cc1ccccc1N=C1SCCCN1C(=O)/C=C/c1ccc(OC(F)F)cc1. The molecule has 4 nitrogen and oxygen atoms in total. The molecule has 0 N–H and O–H groups in total. The van der Waals surface area contributed by atoms with Crippen molar-refractivity contribution in [3.63, 3.8) is 0 Å². The molecule has 2 aromatic carbocycles. The first kappa shape index (κ1) is 20.1. The summed E-state index contributed by atoms with van der Waals surface area (Å²) >= 11 is 1.57. The van der Waals surface area contributed by atoms with E-state index < -0.39 is 6.61 Å². The van der Waals surface area contributed by atoms with E-state index in [0.717, 1.165) is 29.0 Å². The van der Waals surface area contributed by atoms with E-state index in [4.69, 9.17) is 0 Å². The van der Waals surface area contributed by atoms with Gasteiger partial charge in [0, 0.05) is 18.4 Å². The Morgan fingerprint density at radius 3 is 2.68 bits per heavy atom. The number of halogens is 2. The second-order valence-electron chi connectivity index (χ2n) is 6.15. The summed E-state index contributed by atoms with van der Waals surface area (Å²) in [5, 5.41) is 0.691. The van der Waals surface area contributed by atoms with E-state index in [0.29, 0.717) is 11.7 Å². The molecule has 28 heavy (non-hydrogen) atoms. The van der Waals surface area contributed by atoms with Gasteiger partial charge < -0.3 is 4.74 Å². The van der Waals surface area contributed by atoms with Crippen LogP contribution >= 0.6 is 11.8 Å².